The number of hydrogen-bond acceptors (Lipinski definition) is 3. The lowest BCUT2D eigenvalue weighted by atomic mass is 9.90. The molecule has 0 aliphatic heterocycles. The Balaban J connectivity index is 2.76. The lowest BCUT2D eigenvalue weighted by molar-refractivity contribution is -0.116. The van der Waals surface area contributed by atoms with Crippen molar-refractivity contribution in [2.45, 2.75) is 38.5 Å². The molecule has 0 aromatic heterocycles. The van der Waals surface area contributed by atoms with E-state index < -0.39 is 20.7 Å². The van der Waals surface area contributed by atoms with Crippen molar-refractivity contribution in [2.24, 2.45) is 10.6 Å². The van der Waals surface area contributed by atoms with Crippen LogP contribution in [0.4, 0.5) is 10.1 Å². The van der Waals surface area contributed by atoms with Crippen molar-refractivity contribution in [1.82, 2.24) is 0 Å². The molecule has 0 fully saturated rings. The van der Waals surface area contributed by atoms with E-state index in [4.69, 9.17) is 5.14 Å². The van der Waals surface area contributed by atoms with Gasteiger partial charge in [0.2, 0.25) is 15.9 Å². The summed E-state index contributed by atoms with van der Waals surface area (Å²) in [6, 6.07) is 3.27. The molecule has 0 atom stereocenters. The van der Waals surface area contributed by atoms with E-state index >= 15 is 0 Å². The van der Waals surface area contributed by atoms with Gasteiger partial charge in [-0.25, -0.2) is 17.9 Å². The Morgan fingerprint density at radius 1 is 1.35 bits per heavy atom. The van der Waals surface area contributed by atoms with E-state index in [0.717, 1.165) is 12.1 Å². The Kier molecular flexibility index (Phi) is 4.88. The van der Waals surface area contributed by atoms with Gasteiger partial charge in [0.1, 0.15) is 10.7 Å². The Labute approximate surface area is 118 Å². The van der Waals surface area contributed by atoms with Gasteiger partial charge in [0, 0.05) is 12.1 Å². The zero-order chi connectivity index (χ0) is 15.6. The van der Waals surface area contributed by atoms with Crippen molar-refractivity contribution in [1.29, 1.82) is 0 Å². The topological polar surface area (TPSA) is 89.3 Å². The molecule has 0 aliphatic rings. The Hall–Kier alpha value is -1.47. The minimum atomic E-state index is -4.10. The van der Waals surface area contributed by atoms with E-state index in [2.05, 4.69) is 5.32 Å². The third-order valence-corrected chi connectivity index (χ3v) is 3.57. The fraction of sp³-hybridized carbons (Fsp3) is 0.462. The van der Waals surface area contributed by atoms with Crippen LogP contribution in [0.1, 0.15) is 33.6 Å². The van der Waals surface area contributed by atoms with Crippen molar-refractivity contribution in [3.8, 4) is 0 Å². The zero-order valence-electron chi connectivity index (χ0n) is 11.7. The second-order valence-electron chi connectivity index (χ2n) is 5.80. The first-order valence-corrected chi connectivity index (χ1v) is 7.66. The van der Waals surface area contributed by atoms with E-state index in [1.165, 1.54) is 6.07 Å². The van der Waals surface area contributed by atoms with E-state index in [9.17, 15) is 17.6 Å². The molecule has 0 bridgehead atoms. The van der Waals surface area contributed by atoms with Crippen LogP contribution in [0.5, 0.6) is 0 Å². The maximum Gasteiger partial charge on any atom is 0.240 e. The SMILES string of the molecule is CC(C)(C)CCC(=O)Nc1ccc(S(N)(=O)=O)c(F)c1. The molecule has 0 spiro atoms. The van der Waals surface area contributed by atoms with Crippen LogP contribution >= 0.6 is 0 Å². The average Bonchev–Trinajstić information content (AvgIpc) is 2.23. The summed E-state index contributed by atoms with van der Waals surface area (Å²) in [5, 5.41) is 7.37. The number of rotatable bonds is 4. The van der Waals surface area contributed by atoms with E-state index in [1.54, 1.807) is 0 Å². The Morgan fingerprint density at radius 2 is 1.95 bits per heavy atom. The highest BCUT2D eigenvalue weighted by Gasteiger charge is 2.16. The first-order chi connectivity index (χ1) is 8.99. The molecule has 0 radical (unpaired) electrons. The smallest absolute Gasteiger partial charge is 0.240 e. The second-order valence-corrected chi connectivity index (χ2v) is 7.33. The minimum Gasteiger partial charge on any atom is -0.326 e. The number of primary sulfonamides is 1. The third kappa shape index (κ3) is 5.26. The van der Waals surface area contributed by atoms with Crippen molar-refractivity contribution in [3.05, 3.63) is 24.0 Å². The maximum absolute atomic E-state index is 13.6. The van der Waals surface area contributed by atoms with Gasteiger partial charge in [-0.15, -0.1) is 0 Å². The molecule has 1 amide bonds. The molecule has 1 aromatic rings. The molecule has 1 aromatic carbocycles. The highest BCUT2D eigenvalue weighted by molar-refractivity contribution is 7.89. The summed E-state index contributed by atoms with van der Waals surface area (Å²) in [6.45, 7) is 6.04. The fourth-order valence-electron chi connectivity index (χ4n) is 1.52. The van der Waals surface area contributed by atoms with E-state index in [1.807, 2.05) is 20.8 Å². The molecule has 0 saturated heterocycles. The highest BCUT2D eigenvalue weighted by Crippen LogP contribution is 2.22. The lowest BCUT2D eigenvalue weighted by Crippen LogP contribution is -2.17. The van der Waals surface area contributed by atoms with Gasteiger partial charge >= 0.3 is 0 Å². The number of halogens is 1. The number of benzene rings is 1. The van der Waals surface area contributed by atoms with Gasteiger partial charge in [-0.1, -0.05) is 20.8 Å². The van der Waals surface area contributed by atoms with Crippen molar-refractivity contribution in [3.63, 3.8) is 0 Å². The summed E-state index contributed by atoms with van der Waals surface area (Å²) in [6.07, 6.45) is 0.999. The van der Waals surface area contributed by atoms with Crippen LogP contribution in [0.2, 0.25) is 0 Å². The summed E-state index contributed by atoms with van der Waals surface area (Å²) in [4.78, 5) is 11.1. The Morgan fingerprint density at radius 3 is 2.40 bits per heavy atom. The van der Waals surface area contributed by atoms with E-state index in [-0.39, 0.29) is 17.0 Å². The molecule has 3 N–H and O–H groups in total. The van der Waals surface area contributed by atoms with Crippen LogP contribution in [-0.4, -0.2) is 14.3 Å². The van der Waals surface area contributed by atoms with Gasteiger partial charge in [-0.3, -0.25) is 4.79 Å². The number of carbonyl (C=O) groups is 1. The van der Waals surface area contributed by atoms with Crippen LogP contribution in [0.3, 0.4) is 0 Å². The van der Waals surface area contributed by atoms with Crippen LogP contribution in [-0.2, 0) is 14.8 Å². The molecule has 7 heteroatoms. The number of carbonyl (C=O) groups excluding carboxylic acids is 1. The summed E-state index contributed by atoms with van der Waals surface area (Å²) in [5.74, 6) is -1.23. The molecule has 0 saturated carbocycles. The van der Waals surface area contributed by atoms with Crippen molar-refractivity contribution < 1.29 is 17.6 Å². The number of hydrogen-bond donors (Lipinski definition) is 2. The Bertz CT molecular complexity index is 607. The quantitative estimate of drug-likeness (QED) is 0.893. The van der Waals surface area contributed by atoms with Crippen LogP contribution in [0.25, 0.3) is 0 Å². The molecule has 20 heavy (non-hydrogen) atoms. The van der Waals surface area contributed by atoms with Gasteiger partial charge in [0.25, 0.3) is 0 Å². The standard InChI is InChI=1S/C13H19FN2O3S/c1-13(2,3)7-6-12(17)16-9-4-5-11(10(14)8-9)20(15,18)19/h4-5,8H,6-7H2,1-3H3,(H,16,17)(H2,15,18,19). The van der Waals surface area contributed by atoms with Crippen LogP contribution in [0.15, 0.2) is 23.1 Å². The molecular formula is C13H19FN2O3S. The van der Waals surface area contributed by atoms with Crippen LogP contribution in [0, 0.1) is 11.2 Å². The number of amides is 1. The number of anilines is 1. The summed E-state index contributed by atoms with van der Waals surface area (Å²) in [5.41, 5.74) is 0.230. The van der Waals surface area contributed by atoms with Gasteiger partial charge in [0.15, 0.2) is 0 Å². The zero-order valence-corrected chi connectivity index (χ0v) is 12.6. The summed E-state index contributed by atoms with van der Waals surface area (Å²) < 4.78 is 35.7. The van der Waals surface area contributed by atoms with Gasteiger partial charge in [-0.2, -0.15) is 0 Å². The summed E-state index contributed by atoms with van der Waals surface area (Å²) in [7, 11) is -4.10. The first-order valence-electron chi connectivity index (χ1n) is 6.11. The number of sulfonamides is 1. The first kappa shape index (κ1) is 16.6. The lowest BCUT2D eigenvalue weighted by Gasteiger charge is -2.17. The molecule has 112 valence electrons. The highest BCUT2D eigenvalue weighted by atomic mass is 32.2. The monoisotopic (exact) mass is 302 g/mol. The van der Waals surface area contributed by atoms with Crippen molar-refractivity contribution >= 4 is 21.6 Å². The predicted molar refractivity (Wildman–Crippen MR) is 75.1 cm³/mol. The largest absolute Gasteiger partial charge is 0.326 e. The average molecular weight is 302 g/mol. The number of nitrogens with one attached hydrogen (secondary N) is 1. The molecule has 0 aliphatic carbocycles. The molecular weight excluding hydrogens is 283 g/mol. The molecule has 0 heterocycles. The molecule has 5 nitrogen and oxygen atoms in total. The molecule has 0 unspecified atom stereocenters. The van der Waals surface area contributed by atoms with Gasteiger partial charge in [0.05, 0.1) is 0 Å². The van der Waals surface area contributed by atoms with Gasteiger partial charge in [-0.05, 0) is 30.0 Å². The van der Waals surface area contributed by atoms with E-state index in [0.29, 0.717) is 12.8 Å². The predicted octanol–water partition coefficient (Wildman–Crippen LogP) is 2.24. The normalized spacial score (nSPS) is 12.2. The fourth-order valence-corrected chi connectivity index (χ4v) is 2.11. The molecule has 1 rings (SSSR count). The minimum absolute atomic E-state index is 0.0279. The maximum atomic E-state index is 13.6. The van der Waals surface area contributed by atoms with Crippen molar-refractivity contribution in [2.75, 3.05) is 5.32 Å². The second kappa shape index (κ2) is 5.88. The summed E-state index contributed by atoms with van der Waals surface area (Å²) >= 11 is 0. The van der Waals surface area contributed by atoms with Gasteiger partial charge < -0.3 is 5.32 Å². The van der Waals surface area contributed by atoms with Crippen LogP contribution < -0.4 is 10.5 Å². The number of nitrogens with two attached hydrogens (primary N) is 1. The third-order valence-electron chi connectivity index (χ3n) is 2.62.